The number of aryl methyl sites for hydroxylation is 1. The molecule has 25 heavy (non-hydrogen) atoms. The van der Waals surface area contributed by atoms with Crippen molar-refractivity contribution in [3.8, 4) is 0 Å². The first-order chi connectivity index (χ1) is 12.2. The minimum atomic E-state index is -0.282. The Kier molecular flexibility index (Phi) is 5.79. The molecule has 0 aliphatic carbocycles. The number of carbonyl (C=O) groups is 2. The van der Waals surface area contributed by atoms with E-state index in [2.05, 4.69) is 21.7 Å². The second kappa shape index (κ2) is 8.43. The first-order valence-electron chi connectivity index (χ1n) is 8.15. The fraction of sp³-hybridized carbons (Fsp3) is 0.278. The summed E-state index contributed by atoms with van der Waals surface area (Å²) in [6.07, 6.45) is 3.44. The molecule has 6 nitrogen and oxygen atoms in total. The molecule has 3 rings (SSSR count). The van der Waals surface area contributed by atoms with E-state index in [0.29, 0.717) is 19.5 Å². The largest absolute Gasteiger partial charge is 0.459 e. The van der Waals surface area contributed by atoms with Gasteiger partial charge >= 0.3 is 0 Å². The number of thiazole rings is 1. The highest BCUT2D eigenvalue weighted by Gasteiger charge is 2.08. The van der Waals surface area contributed by atoms with Crippen molar-refractivity contribution in [1.29, 1.82) is 0 Å². The number of benzene rings is 1. The minimum absolute atomic E-state index is 0.0200. The van der Waals surface area contributed by atoms with Crippen LogP contribution in [0.4, 0.5) is 0 Å². The predicted molar refractivity (Wildman–Crippen MR) is 96.6 cm³/mol. The van der Waals surface area contributed by atoms with Crippen LogP contribution in [0.15, 0.2) is 47.1 Å². The van der Waals surface area contributed by atoms with Crippen molar-refractivity contribution in [2.24, 2.45) is 0 Å². The van der Waals surface area contributed by atoms with Crippen LogP contribution in [0.3, 0.4) is 0 Å². The Morgan fingerprint density at radius 2 is 1.92 bits per heavy atom. The smallest absolute Gasteiger partial charge is 0.287 e. The SMILES string of the molecule is O=C(CCCc1nc2ccccc2s1)NCCNC(=O)c1ccco1. The number of furan rings is 1. The average molecular weight is 357 g/mol. The molecule has 2 N–H and O–H groups in total. The van der Waals surface area contributed by atoms with Crippen LogP contribution in [0.25, 0.3) is 10.2 Å². The Balaban J connectivity index is 1.31. The highest BCUT2D eigenvalue weighted by atomic mass is 32.1. The maximum absolute atomic E-state index is 11.8. The van der Waals surface area contributed by atoms with Crippen molar-refractivity contribution in [2.45, 2.75) is 19.3 Å². The van der Waals surface area contributed by atoms with E-state index in [0.717, 1.165) is 23.4 Å². The molecule has 3 aromatic rings. The van der Waals surface area contributed by atoms with Crippen LogP contribution in [0.2, 0.25) is 0 Å². The standard InChI is InChI=1S/C18H19N3O3S/c22-16(19-10-11-20-18(23)14-6-4-12-24-14)8-3-9-17-21-13-5-1-2-7-15(13)25-17/h1-2,4-7,12H,3,8-11H2,(H,19,22)(H,20,23). The molecule has 0 radical (unpaired) electrons. The van der Waals surface area contributed by atoms with Crippen molar-refractivity contribution in [1.82, 2.24) is 15.6 Å². The van der Waals surface area contributed by atoms with E-state index in [-0.39, 0.29) is 17.6 Å². The molecule has 130 valence electrons. The van der Waals surface area contributed by atoms with Crippen LogP contribution in [-0.2, 0) is 11.2 Å². The summed E-state index contributed by atoms with van der Waals surface area (Å²) in [6, 6.07) is 11.3. The minimum Gasteiger partial charge on any atom is -0.459 e. The Bertz CT molecular complexity index is 809. The third-order valence-corrected chi connectivity index (χ3v) is 4.71. The third kappa shape index (κ3) is 4.90. The van der Waals surface area contributed by atoms with E-state index in [4.69, 9.17) is 4.42 Å². The molecule has 0 aliphatic heterocycles. The summed E-state index contributed by atoms with van der Waals surface area (Å²) in [6.45, 7) is 0.759. The van der Waals surface area contributed by atoms with Gasteiger partial charge in [0.05, 0.1) is 21.5 Å². The maximum Gasteiger partial charge on any atom is 0.287 e. The zero-order chi connectivity index (χ0) is 17.5. The molecular weight excluding hydrogens is 338 g/mol. The molecular formula is C18H19N3O3S. The van der Waals surface area contributed by atoms with Gasteiger partial charge in [0.1, 0.15) is 0 Å². The summed E-state index contributed by atoms with van der Waals surface area (Å²) < 4.78 is 6.16. The number of hydrogen-bond donors (Lipinski definition) is 2. The normalized spacial score (nSPS) is 10.7. The van der Waals surface area contributed by atoms with Gasteiger partial charge in [-0.25, -0.2) is 4.98 Å². The number of fused-ring (bicyclic) bond motifs is 1. The number of carbonyl (C=O) groups excluding carboxylic acids is 2. The van der Waals surface area contributed by atoms with Gasteiger partial charge in [-0.05, 0) is 37.1 Å². The van der Waals surface area contributed by atoms with Crippen molar-refractivity contribution < 1.29 is 14.0 Å². The zero-order valence-electron chi connectivity index (χ0n) is 13.7. The number of rotatable bonds is 8. The quantitative estimate of drug-likeness (QED) is 0.607. The van der Waals surface area contributed by atoms with E-state index < -0.39 is 0 Å². The summed E-state index contributed by atoms with van der Waals surface area (Å²) in [5.41, 5.74) is 1.01. The number of nitrogens with one attached hydrogen (secondary N) is 2. The molecule has 0 spiro atoms. The molecule has 2 aromatic heterocycles. The van der Waals surface area contributed by atoms with E-state index in [9.17, 15) is 9.59 Å². The first kappa shape index (κ1) is 17.2. The van der Waals surface area contributed by atoms with Crippen LogP contribution in [0.5, 0.6) is 0 Å². The van der Waals surface area contributed by atoms with Crippen LogP contribution in [0, 0.1) is 0 Å². The van der Waals surface area contributed by atoms with Crippen molar-refractivity contribution in [3.05, 3.63) is 53.4 Å². The fourth-order valence-corrected chi connectivity index (χ4v) is 3.40. The second-order valence-electron chi connectivity index (χ2n) is 5.51. The Hall–Kier alpha value is -2.67. The molecule has 0 fully saturated rings. The maximum atomic E-state index is 11.8. The van der Waals surface area contributed by atoms with Gasteiger partial charge in [-0.15, -0.1) is 11.3 Å². The van der Waals surface area contributed by atoms with Gasteiger partial charge in [0, 0.05) is 19.5 Å². The van der Waals surface area contributed by atoms with Crippen molar-refractivity contribution in [2.75, 3.05) is 13.1 Å². The Labute approximate surface area is 149 Å². The third-order valence-electron chi connectivity index (χ3n) is 3.61. The number of hydrogen-bond acceptors (Lipinski definition) is 5. The van der Waals surface area contributed by atoms with E-state index in [1.807, 2.05) is 18.2 Å². The molecule has 0 unspecified atom stereocenters. The second-order valence-corrected chi connectivity index (χ2v) is 6.63. The fourth-order valence-electron chi connectivity index (χ4n) is 2.39. The van der Waals surface area contributed by atoms with Crippen LogP contribution in [-0.4, -0.2) is 29.9 Å². The van der Waals surface area contributed by atoms with Crippen molar-refractivity contribution in [3.63, 3.8) is 0 Å². The molecule has 7 heteroatoms. The van der Waals surface area contributed by atoms with Gasteiger partial charge in [-0.3, -0.25) is 9.59 Å². The molecule has 2 amide bonds. The van der Waals surface area contributed by atoms with Gasteiger partial charge in [0.15, 0.2) is 5.76 Å². The summed E-state index contributed by atoms with van der Waals surface area (Å²) in [5, 5.41) is 6.53. The lowest BCUT2D eigenvalue weighted by Gasteiger charge is -2.05. The summed E-state index contributed by atoms with van der Waals surface area (Å²) in [7, 11) is 0. The van der Waals surface area contributed by atoms with Gasteiger partial charge in [0.25, 0.3) is 5.91 Å². The Morgan fingerprint density at radius 1 is 1.08 bits per heavy atom. The van der Waals surface area contributed by atoms with Gasteiger partial charge in [-0.1, -0.05) is 12.1 Å². The monoisotopic (exact) mass is 357 g/mol. The van der Waals surface area contributed by atoms with Crippen LogP contribution in [0.1, 0.15) is 28.4 Å². The van der Waals surface area contributed by atoms with E-state index in [1.54, 1.807) is 23.5 Å². The van der Waals surface area contributed by atoms with E-state index in [1.165, 1.54) is 11.0 Å². The lowest BCUT2D eigenvalue weighted by Crippen LogP contribution is -2.34. The molecule has 0 atom stereocenters. The van der Waals surface area contributed by atoms with Gasteiger partial charge in [-0.2, -0.15) is 0 Å². The number of aromatic nitrogens is 1. The molecule has 2 heterocycles. The van der Waals surface area contributed by atoms with Gasteiger partial charge in [0.2, 0.25) is 5.91 Å². The highest BCUT2D eigenvalue weighted by Crippen LogP contribution is 2.22. The number of amides is 2. The van der Waals surface area contributed by atoms with Crippen molar-refractivity contribution >= 4 is 33.4 Å². The molecule has 0 aliphatic rings. The Morgan fingerprint density at radius 3 is 2.72 bits per heavy atom. The van der Waals surface area contributed by atoms with Crippen LogP contribution < -0.4 is 10.6 Å². The molecule has 0 bridgehead atoms. The first-order valence-corrected chi connectivity index (χ1v) is 8.97. The van der Waals surface area contributed by atoms with E-state index >= 15 is 0 Å². The molecule has 1 aromatic carbocycles. The summed E-state index contributed by atoms with van der Waals surface area (Å²) in [5.74, 6) is -0.0365. The van der Waals surface area contributed by atoms with Gasteiger partial charge < -0.3 is 15.1 Å². The zero-order valence-corrected chi connectivity index (χ0v) is 14.5. The number of nitrogens with zero attached hydrogens (tertiary/aromatic N) is 1. The van der Waals surface area contributed by atoms with Crippen LogP contribution >= 0.6 is 11.3 Å². The highest BCUT2D eigenvalue weighted by molar-refractivity contribution is 7.18. The summed E-state index contributed by atoms with van der Waals surface area (Å²) in [4.78, 5) is 28.0. The predicted octanol–water partition coefficient (Wildman–Crippen LogP) is 2.76. The summed E-state index contributed by atoms with van der Waals surface area (Å²) >= 11 is 1.67. The average Bonchev–Trinajstić information content (AvgIpc) is 3.27. The molecule has 0 saturated heterocycles. The molecule has 0 saturated carbocycles. The lowest BCUT2D eigenvalue weighted by molar-refractivity contribution is -0.121. The topological polar surface area (TPSA) is 84.2 Å². The number of para-hydroxylation sites is 1. The lowest BCUT2D eigenvalue weighted by atomic mass is 10.2.